The van der Waals surface area contributed by atoms with Crippen LogP contribution in [0.3, 0.4) is 0 Å². The fourth-order valence-corrected chi connectivity index (χ4v) is 2.26. The second kappa shape index (κ2) is 9.19. The first-order valence-corrected chi connectivity index (χ1v) is 7.76. The van der Waals surface area contributed by atoms with E-state index in [1.54, 1.807) is 26.2 Å². The highest BCUT2D eigenvalue weighted by Crippen LogP contribution is 2.31. The predicted octanol–water partition coefficient (Wildman–Crippen LogP) is 5.16. The van der Waals surface area contributed by atoms with Crippen LogP contribution in [0.4, 0.5) is 5.69 Å². The Morgan fingerprint density at radius 3 is 2.05 bits per heavy atom. The van der Waals surface area contributed by atoms with Gasteiger partial charge in [0.05, 0.1) is 14.2 Å². The monoisotopic (exact) mass is 305 g/mol. The molecule has 0 saturated carbocycles. The molecule has 0 fully saturated rings. The summed E-state index contributed by atoms with van der Waals surface area (Å²) >= 11 is 1.57. The standard InChI is InChI=1S/C15H17NO2S.C2H6/c1-11-4-7-13(8-5-11)19-16-12-6-9-14(17-2)15(10-12)18-3;1-2/h4-10,16H,1-3H3;1-2H3. The van der Waals surface area contributed by atoms with Crippen molar-refractivity contribution in [2.24, 2.45) is 0 Å². The lowest BCUT2D eigenvalue weighted by Gasteiger charge is -2.10. The van der Waals surface area contributed by atoms with Crippen LogP contribution in [-0.4, -0.2) is 14.2 Å². The number of nitrogens with one attached hydrogen (secondary N) is 1. The average Bonchev–Trinajstić information content (AvgIpc) is 2.56. The van der Waals surface area contributed by atoms with Gasteiger partial charge in [0, 0.05) is 16.6 Å². The van der Waals surface area contributed by atoms with E-state index >= 15 is 0 Å². The summed E-state index contributed by atoms with van der Waals surface area (Å²) in [5.41, 5.74) is 2.23. The van der Waals surface area contributed by atoms with Gasteiger partial charge in [0.25, 0.3) is 0 Å². The molecule has 0 aliphatic heterocycles. The molecule has 0 aliphatic rings. The van der Waals surface area contributed by atoms with Crippen molar-refractivity contribution in [1.29, 1.82) is 0 Å². The van der Waals surface area contributed by atoms with Gasteiger partial charge in [-0.1, -0.05) is 31.5 Å². The van der Waals surface area contributed by atoms with Gasteiger partial charge in [-0.3, -0.25) is 0 Å². The summed E-state index contributed by atoms with van der Waals surface area (Å²) in [5, 5.41) is 0. The normalized spacial score (nSPS) is 9.38. The lowest BCUT2D eigenvalue weighted by Crippen LogP contribution is -1.92. The minimum absolute atomic E-state index is 0.719. The van der Waals surface area contributed by atoms with Crippen molar-refractivity contribution in [3.05, 3.63) is 48.0 Å². The van der Waals surface area contributed by atoms with Crippen LogP contribution in [0.2, 0.25) is 0 Å². The van der Waals surface area contributed by atoms with Gasteiger partial charge in [-0.25, -0.2) is 0 Å². The molecule has 21 heavy (non-hydrogen) atoms. The maximum Gasteiger partial charge on any atom is 0.162 e. The Labute approximate surface area is 131 Å². The third-order valence-corrected chi connectivity index (χ3v) is 3.54. The molecule has 0 aliphatic carbocycles. The molecule has 114 valence electrons. The third kappa shape index (κ3) is 5.23. The number of rotatable bonds is 5. The molecule has 0 heterocycles. The van der Waals surface area contributed by atoms with E-state index in [9.17, 15) is 0 Å². The van der Waals surface area contributed by atoms with E-state index in [-0.39, 0.29) is 0 Å². The number of hydrogen-bond donors (Lipinski definition) is 1. The van der Waals surface area contributed by atoms with E-state index in [2.05, 4.69) is 35.9 Å². The van der Waals surface area contributed by atoms with Crippen LogP contribution in [0.15, 0.2) is 47.4 Å². The zero-order valence-electron chi connectivity index (χ0n) is 13.3. The van der Waals surface area contributed by atoms with Crippen molar-refractivity contribution < 1.29 is 9.47 Å². The van der Waals surface area contributed by atoms with E-state index in [0.29, 0.717) is 0 Å². The minimum atomic E-state index is 0.719. The van der Waals surface area contributed by atoms with Crippen molar-refractivity contribution in [2.45, 2.75) is 25.7 Å². The third-order valence-electron chi connectivity index (χ3n) is 2.69. The molecule has 2 aromatic rings. The molecule has 0 aromatic heterocycles. The molecule has 0 amide bonds. The largest absolute Gasteiger partial charge is 0.493 e. The van der Waals surface area contributed by atoms with Crippen molar-refractivity contribution in [1.82, 2.24) is 0 Å². The second-order valence-corrected chi connectivity index (χ2v) is 4.97. The van der Waals surface area contributed by atoms with Crippen LogP contribution in [0.5, 0.6) is 11.5 Å². The predicted molar refractivity (Wildman–Crippen MR) is 91.6 cm³/mol. The van der Waals surface area contributed by atoms with Crippen molar-refractivity contribution in [3.8, 4) is 11.5 Å². The van der Waals surface area contributed by atoms with Gasteiger partial charge < -0.3 is 14.2 Å². The highest BCUT2D eigenvalue weighted by atomic mass is 32.2. The molecule has 1 N–H and O–H groups in total. The summed E-state index contributed by atoms with van der Waals surface area (Å²) in [4.78, 5) is 1.17. The Bertz CT molecular complexity index is 541. The maximum absolute atomic E-state index is 5.27. The summed E-state index contributed by atoms with van der Waals surface area (Å²) in [6, 6.07) is 14.1. The van der Waals surface area contributed by atoms with E-state index in [0.717, 1.165) is 17.2 Å². The SMILES string of the molecule is CC.COc1ccc(NSc2ccc(C)cc2)cc1OC. The van der Waals surface area contributed by atoms with Crippen LogP contribution in [0, 0.1) is 6.92 Å². The Balaban J connectivity index is 0.00000106. The summed E-state index contributed by atoms with van der Waals surface area (Å²) in [6.45, 7) is 6.08. The number of anilines is 1. The zero-order chi connectivity index (χ0) is 15.7. The summed E-state index contributed by atoms with van der Waals surface area (Å²) in [5.74, 6) is 1.45. The number of hydrogen-bond acceptors (Lipinski definition) is 4. The number of ether oxygens (including phenoxy) is 2. The Hall–Kier alpha value is -1.81. The zero-order valence-corrected chi connectivity index (χ0v) is 14.1. The smallest absolute Gasteiger partial charge is 0.162 e. The average molecular weight is 305 g/mol. The summed E-state index contributed by atoms with van der Waals surface area (Å²) < 4.78 is 13.8. The van der Waals surface area contributed by atoms with Gasteiger partial charge in [-0.2, -0.15) is 0 Å². The molecule has 4 heteroatoms. The first-order chi connectivity index (χ1) is 10.2. The van der Waals surface area contributed by atoms with Crippen LogP contribution >= 0.6 is 11.9 Å². The van der Waals surface area contributed by atoms with Crippen LogP contribution < -0.4 is 14.2 Å². The second-order valence-electron chi connectivity index (χ2n) is 4.09. The van der Waals surface area contributed by atoms with E-state index in [4.69, 9.17) is 9.47 Å². The molecule has 2 rings (SSSR count). The van der Waals surface area contributed by atoms with Crippen LogP contribution in [-0.2, 0) is 0 Å². The molecule has 0 bridgehead atoms. The van der Waals surface area contributed by atoms with Crippen LogP contribution in [0.1, 0.15) is 19.4 Å². The lowest BCUT2D eigenvalue weighted by molar-refractivity contribution is 0.355. The Kier molecular flexibility index (Phi) is 7.54. The highest BCUT2D eigenvalue weighted by molar-refractivity contribution is 8.00. The molecular weight excluding hydrogens is 282 g/mol. The van der Waals surface area contributed by atoms with Gasteiger partial charge >= 0.3 is 0 Å². The van der Waals surface area contributed by atoms with Gasteiger partial charge in [0.15, 0.2) is 11.5 Å². The van der Waals surface area contributed by atoms with Gasteiger partial charge in [-0.15, -0.1) is 0 Å². The van der Waals surface area contributed by atoms with Gasteiger partial charge in [0.1, 0.15) is 0 Å². The van der Waals surface area contributed by atoms with E-state index < -0.39 is 0 Å². The van der Waals surface area contributed by atoms with Crippen molar-refractivity contribution >= 4 is 17.6 Å². The van der Waals surface area contributed by atoms with Gasteiger partial charge in [-0.05, 0) is 43.1 Å². The first kappa shape index (κ1) is 17.2. The lowest BCUT2D eigenvalue weighted by atomic mass is 10.2. The Morgan fingerprint density at radius 1 is 0.857 bits per heavy atom. The molecule has 0 saturated heterocycles. The molecule has 0 spiro atoms. The Morgan fingerprint density at radius 2 is 1.48 bits per heavy atom. The van der Waals surface area contributed by atoms with Crippen molar-refractivity contribution in [2.75, 3.05) is 18.9 Å². The molecule has 0 unspecified atom stereocenters. The highest BCUT2D eigenvalue weighted by Gasteiger charge is 2.04. The molecule has 0 atom stereocenters. The molecular formula is C17H23NO2S. The van der Waals surface area contributed by atoms with Crippen molar-refractivity contribution in [3.63, 3.8) is 0 Å². The summed E-state index contributed by atoms with van der Waals surface area (Å²) in [7, 11) is 3.26. The molecule has 0 radical (unpaired) electrons. The number of methoxy groups -OCH3 is 2. The minimum Gasteiger partial charge on any atom is -0.493 e. The summed E-state index contributed by atoms with van der Waals surface area (Å²) in [6.07, 6.45) is 0. The fraction of sp³-hybridized carbons (Fsp3) is 0.294. The van der Waals surface area contributed by atoms with Crippen LogP contribution in [0.25, 0.3) is 0 Å². The topological polar surface area (TPSA) is 30.5 Å². The van der Waals surface area contributed by atoms with E-state index in [1.165, 1.54) is 10.5 Å². The maximum atomic E-state index is 5.27. The molecule has 3 nitrogen and oxygen atoms in total. The molecule has 2 aromatic carbocycles. The van der Waals surface area contributed by atoms with E-state index in [1.807, 2.05) is 32.0 Å². The first-order valence-electron chi connectivity index (χ1n) is 6.94. The fourth-order valence-electron chi connectivity index (χ4n) is 1.62. The number of benzene rings is 2. The van der Waals surface area contributed by atoms with Gasteiger partial charge in [0.2, 0.25) is 0 Å². The quantitative estimate of drug-likeness (QED) is 0.773. The number of aryl methyl sites for hydroxylation is 1.